The molecule has 16 heavy (non-hydrogen) atoms. The summed E-state index contributed by atoms with van der Waals surface area (Å²) in [6.45, 7) is 4.10. The van der Waals surface area contributed by atoms with E-state index in [0.717, 1.165) is 26.2 Å². The Morgan fingerprint density at radius 2 is 2.06 bits per heavy atom. The minimum absolute atomic E-state index is 0. The van der Waals surface area contributed by atoms with Crippen molar-refractivity contribution >= 4 is 23.7 Å². The van der Waals surface area contributed by atoms with Crippen molar-refractivity contribution in [3.8, 4) is 6.07 Å². The predicted molar refractivity (Wildman–Crippen MR) is 69.0 cm³/mol. The van der Waals surface area contributed by atoms with Crippen molar-refractivity contribution in [2.45, 2.75) is 6.04 Å². The Hall–Kier alpha value is -0.600. The number of hydrogen-bond acceptors (Lipinski definition) is 4. The van der Waals surface area contributed by atoms with Gasteiger partial charge in [-0.2, -0.15) is 5.26 Å². The maximum atomic E-state index is 9.22. The molecule has 1 atom stereocenters. The zero-order valence-corrected chi connectivity index (χ0v) is 10.9. The smallest absolute Gasteiger partial charge is 0.133 e. The third-order valence-corrected chi connectivity index (χ3v) is 3.76. The van der Waals surface area contributed by atoms with Gasteiger partial charge in [-0.15, -0.1) is 23.7 Å². The van der Waals surface area contributed by atoms with Crippen molar-refractivity contribution in [1.82, 2.24) is 9.80 Å². The molecule has 1 fully saturated rings. The Bertz CT molecular complexity index is 339. The fourth-order valence-electron chi connectivity index (χ4n) is 1.85. The van der Waals surface area contributed by atoms with Gasteiger partial charge < -0.3 is 4.90 Å². The Morgan fingerprint density at radius 1 is 1.38 bits per heavy atom. The highest BCUT2D eigenvalue weighted by molar-refractivity contribution is 7.10. The van der Waals surface area contributed by atoms with E-state index in [4.69, 9.17) is 0 Å². The summed E-state index contributed by atoms with van der Waals surface area (Å²) < 4.78 is 0. The molecule has 3 nitrogen and oxygen atoms in total. The quantitative estimate of drug-likeness (QED) is 0.812. The number of rotatable bonds is 2. The summed E-state index contributed by atoms with van der Waals surface area (Å²) >= 11 is 1.67. The van der Waals surface area contributed by atoms with E-state index in [1.54, 1.807) is 11.3 Å². The number of hydrogen-bond donors (Lipinski definition) is 0. The fourth-order valence-corrected chi connectivity index (χ4v) is 2.65. The summed E-state index contributed by atoms with van der Waals surface area (Å²) in [6.07, 6.45) is 0. The Balaban J connectivity index is 0.00000128. The number of piperazine rings is 1. The largest absolute Gasteiger partial charge is 0.304 e. The Kier molecular flexibility index (Phi) is 5.23. The van der Waals surface area contributed by atoms with E-state index in [1.165, 1.54) is 4.88 Å². The molecule has 0 saturated carbocycles. The lowest BCUT2D eigenvalue weighted by atomic mass is 10.2. The summed E-state index contributed by atoms with van der Waals surface area (Å²) in [7, 11) is 2.13. The van der Waals surface area contributed by atoms with Gasteiger partial charge in [0, 0.05) is 31.1 Å². The minimum Gasteiger partial charge on any atom is -0.304 e. The first-order valence-electron chi connectivity index (χ1n) is 5.17. The zero-order chi connectivity index (χ0) is 10.7. The zero-order valence-electron chi connectivity index (χ0n) is 9.30. The summed E-state index contributed by atoms with van der Waals surface area (Å²) in [5.41, 5.74) is 0. The van der Waals surface area contributed by atoms with Crippen LogP contribution in [0.5, 0.6) is 0 Å². The third kappa shape index (κ3) is 2.96. The van der Waals surface area contributed by atoms with Gasteiger partial charge in [0.15, 0.2) is 0 Å². The van der Waals surface area contributed by atoms with Gasteiger partial charge in [0.1, 0.15) is 6.04 Å². The lowest BCUT2D eigenvalue weighted by molar-refractivity contribution is 0.134. The molecule has 0 aromatic carbocycles. The normalized spacial score (nSPS) is 19.8. The molecule has 1 saturated heterocycles. The predicted octanol–water partition coefficient (Wildman–Crippen LogP) is 1.98. The van der Waals surface area contributed by atoms with E-state index in [2.05, 4.69) is 29.0 Å². The number of nitriles is 1. The van der Waals surface area contributed by atoms with E-state index < -0.39 is 0 Å². The van der Waals surface area contributed by atoms with Crippen molar-refractivity contribution in [3.63, 3.8) is 0 Å². The van der Waals surface area contributed by atoms with Crippen molar-refractivity contribution in [1.29, 1.82) is 5.26 Å². The highest BCUT2D eigenvalue weighted by Crippen LogP contribution is 2.25. The molecule has 2 heterocycles. The average molecular weight is 258 g/mol. The van der Waals surface area contributed by atoms with Crippen LogP contribution in [0.25, 0.3) is 0 Å². The SMILES string of the molecule is CN1CCN(C(C#N)c2cccs2)CC1.Cl. The molecule has 1 aliphatic rings. The van der Waals surface area contributed by atoms with Gasteiger partial charge in [-0.1, -0.05) is 6.07 Å². The molecule has 1 aromatic rings. The van der Waals surface area contributed by atoms with Crippen LogP contribution in [0.3, 0.4) is 0 Å². The van der Waals surface area contributed by atoms with Gasteiger partial charge in [0.05, 0.1) is 6.07 Å². The highest BCUT2D eigenvalue weighted by atomic mass is 35.5. The summed E-state index contributed by atoms with van der Waals surface area (Å²) in [5, 5.41) is 11.3. The van der Waals surface area contributed by atoms with Gasteiger partial charge in [0.25, 0.3) is 0 Å². The molecule has 0 bridgehead atoms. The molecule has 88 valence electrons. The fraction of sp³-hybridized carbons (Fsp3) is 0.545. The third-order valence-electron chi connectivity index (χ3n) is 2.84. The summed E-state index contributed by atoms with van der Waals surface area (Å²) in [5.74, 6) is 0. The molecular weight excluding hydrogens is 242 g/mol. The van der Waals surface area contributed by atoms with Crippen LogP contribution in [0, 0.1) is 11.3 Å². The molecular formula is C11H16ClN3S. The van der Waals surface area contributed by atoms with Crippen molar-refractivity contribution in [3.05, 3.63) is 22.4 Å². The Morgan fingerprint density at radius 3 is 2.56 bits per heavy atom. The molecule has 0 N–H and O–H groups in total. The van der Waals surface area contributed by atoms with Gasteiger partial charge in [-0.05, 0) is 18.5 Å². The van der Waals surface area contributed by atoms with E-state index in [-0.39, 0.29) is 18.4 Å². The average Bonchev–Trinajstić information content (AvgIpc) is 2.75. The van der Waals surface area contributed by atoms with Gasteiger partial charge in [-0.3, -0.25) is 4.90 Å². The number of nitrogens with zero attached hydrogens (tertiary/aromatic N) is 3. The first-order chi connectivity index (χ1) is 7.31. The number of halogens is 1. The lowest BCUT2D eigenvalue weighted by Gasteiger charge is -2.34. The maximum Gasteiger partial charge on any atom is 0.133 e. The topological polar surface area (TPSA) is 30.3 Å². The van der Waals surface area contributed by atoms with Crippen molar-refractivity contribution in [2.75, 3.05) is 33.2 Å². The van der Waals surface area contributed by atoms with E-state index in [0.29, 0.717) is 0 Å². The van der Waals surface area contributed by atoms with Crippen LogP contribution < -0.4 is 0 Å². The molecule has 1 unspecified atom stereocenters. The first-order valence-corrected chi connectivity index (χ1v) is 6.05. The standard InChI is InChI=1S/C11H15N3S.ClH/c1-13-4-6-14(7-5-13)10(9-12)11-3-2-8-15-11;/h2-3,8,10H,4-7H2,1H3;1H. The lowest BCUT2D eigenvalue weighted by Crippen LogP contribution is -2.45. The number of likely N-dealkylation sites (N-methyl/N-ethyl adjacent to an activating group) is 1. The van der Waals surface area contributed by atoms with Gasteiger partial charge in [-0.25, -0.2) is 0 Å². The molecule has 1 aliphatic heterocycles. The Labute approximate surface area is 107 Å². The molecule has 5 heteroatoms. The van der Waals surface area contributed by atoms with E-state index >= 15 is 0 Å². The second-order valence-corrected chi connectivity index (χ2v) is 4.87. The van der Waals surface area contributed by atoms with Crippen LogP contribution in [0.4, 0.5) is 0 Å². The molecule has 0 radical (unpaired) electrons. The van der Waals surface area contributed by atoms with Crippen LogP contribution in [0.15, 0.2) is 17.5 Å². The summed E-state index contributed by atoms with van der Waals surface area (Å²) in [4.78, 5) is 5.74. The highest BCUT2D eigenvalue weighted by Gasteiger charge is 2.23. The second kappa shape index (κ2) is 6.21. The number of thiophene rings is 1. The second-order valence-electron chi connectivity index (χ2n) is 3.89. The van der Waals surface area contributed by atoms with E-state index in [1.807, 2.05) is 11.4 Å². The van der Waals surface area contributed by atoms with Crippen molar-refractivity contribution < 1.29 is 0 Å². The molecule has 2 rings (SSSR count). The molecule has 0 aliphatic carbocycles. The van der Waals surface area contributed by atoms with Crippen LogP contribution >= 0.6 is 23.7 Å². The van der Waals surface area contributed by atoms with Gasteiger partial charge >= 0.3 is 0 Å². The van der Waals surface area contributed by atoms with Crippen LogP contribution in [-0.4, -0.2) is 43.0 Å². The summed E-state index contributed by atoms with van der Waals surface area (Å²) in [6, 6.07) is 6.43. The molecule has 0 amide bonds. The van der Waals surface area contributed by atoms with Crippen LogP contribution in [0.1, 0.15) is 10.9 Å². The molecule has 0 spiro atoms. The van der Waals surface area contributed by atoms with Crippen LogP contribution in [0.2, 0.25) is 0 Å². The molecule has 1 aromatic heterocycles. The van der Waals surface area contributed by atoms with Crippen LogP contribution in [-0.2, 0) is 0 Å². The van der Waals surface area contributed by atoms with Gasteiger partial charge in [0.2, 0.25) is 0 Å². The van der Waals surface area contributed by atoms with E-state index in [9.17, 15) is 5.26 Å². The monoisotopic (exact) mass is 257 g/mol. The first kappa shape index (κ1) is 13.5. The minimum atomic E-state index is -0.0429. The van der Waals surface area contributed by atoms with Crippen molar-refractivity contribution in [2.24, 2.45) is 0 Å². The maximum absolute atomic E-state index is 9.22.